The van der Waals surface area contributed by atoms with Crippen LogP contribution in [0, 0.1) is 0 Å². The van der Waals surface area contributed by atoms with E-state index in [1.165, 1.54) is 30.7 Å². The number of hydrogen-bond acceptors (Lipinski definition) is 5. The van der Waals surface area contributed by atoms with Gasteiger partial charge in [-0.25, -0.2) is 15.0 Å². The second kappa shape index (κ2) is 8.45. The molecule has 0 spiro atoms. The number of hydrogen-bond donors (Lipinski definition) is 0. The molecule has 5 rings (SSSR count). The van der Waals surface area contributed by atoms with Crippen LogP contribution >= 0.6 is 0 Å². The van der Waals surface area contributed by atoms with Gasteiger partial charge in [0.1, 0.15) is 17.4 Å². The first-order chi connectivity index (χ1) is 15.6. The number of carbonyl (C=O) groups is 1. The third kappa shape index (κ3) is 4.08. The molecule has 0 saturated heterocycles. The number of benzene rings is 2. The zero-order valence-corrected chi connectivity index (χ0v) is 17.2. The number of aromatic nitrogens is 4. The fraction of sp³-hybridized carbons (Fsp3) is 0.250. The lowest BCUT2D eigenvalue weighted by atomic mass is 10.1. The van der Waals surface area contributed by atoms with Crippen LogP contribution in [0.3, 0.4) is 0 Å². The van der Waals surface area contributed by atoms with E-state index < -0.39 is 6.61 Å². The summed E-state index contributed by atoms with van der Waals surface area (Å²) in [4.78, 5) is 26.1. The molecule has 32 heavy (non-hydrogen) atoms. The van der Waals surface area contributed by atoms with E-state index in [1.54, 1.807) is 6.20 Å². The summed E-state index contributed by atoms with van der Waals surface area (Å²) in [6.45, 7) is -1.94. The van der Waals surface area contributed by atoms with Gasteiger partial charge in [-0.05, 0) is 43.2 Å². The van der Waals surface area contributed by atoms with Crippen molar-refractivity contribution in [2.24, 2.45) is 0 Å². The lowest BCUT2D eigenvalue weighted by molar-refractivity contribution is -0.0498. The maximum Gasteiger partial charge on any atom is 0.387 e. The highest BCUT2D eigenvalue weighted by Crippen LogP contribution is 2.27. The molecule has 0 saturated carbocycles. The minimum atomic E-state index is -2.90. The Morgan fingerprint density at radius 3 is 2.72 bits per heavy atom. The SMILES string of the molecule is O=C(Cc1ncc2ccc(-c3cnc4n3CCCC4)cc2n1)c1ccc(OC(F)F)cc1. The highest BCUT2D eigenvalue weighted by Gasteiger charge is 2.16. The molecule has 0 unspecified atom stereocenters. The van der Waals surface area contributed by atoms with Gasteiger partial charge in [-0.3, -0.25) is 4.79 Å². The van der Waals surface area contributed by atoms with Gasteiger partial charge in [0, 0.05) is 35.7 Å². The lowest BCUT2D eigenvalue weighted by Gasteiger charge is -2.16. The molecular weight excluding hydrogens is 414 g/mol. The van der Waals surface area contributed by atoms with Crippen LogP contribution in [0.15, 0.2) is 54.9 Å². The molecule has 0 aliphatic carbocycles. The van der Waals surface area contributed by atoms with Crippen molar-refractivity contribution in [2.45, 2.75) is 38.8 Å². The number of halogens is 2. The molecule has 1 aliphatic rings. The molecule has 0 bridgehead atoms. The summed E-state index contributed by atoms with van der Waals surface area (Å²) in [5.74, 6) is 1.33. The number of aryl methyl sites for hydroxylation is 1. The van der Waals surface area contributed by atoms with Crippen molar-refractivity contribution in [3.63, 3.8) is 0 Å². The number of imidazole rings is 1. The maximum absolute atomic E-state index is 12.6. The summed E-state index contributed by atoms with van der Waals surface area (Å²) in [6, 6.07) is 11.6. The van der Waals surface area contributed by atoms with E-state index in [1.807, 2.05) is 24.4 Å². The molecule has 6 nitrogen and oxygen atoms in total. The molecule has 0 atom stereocenters. The highest BCUT2D eigenvalue weighted by atomic mass is 19.3. The minimum Gasteiger partial charge on any atom is -0.435 e. The molecule has 1 aliphatic heterocycles. The summed E-state index contributed by atoms with van der Waals surface area (Å²) in [5, 5.41) is 0.886. The summed E-state index contributed by atoms with van der Waals surface area (Å²) in [7, 11) is 0. The number of nitrogens with zero attached hydrogens (tertiary/aromatic N) is 4. The Morgan fingerprint density at radius 2 is 1.91 bits per heavy atom. The van der Waals surface area contributed by atoms with Gasteiger partial charge in [-0.15, -0.1) is 0 Å². The first-order valence-corrected chi connectivity index (χ1v) is 10.5. The van der Waals surface area contributed by atoms with Crippen molar-refractivity contribution in [1.29, 1.82) is 0 Å². The third-order valence-corrected chi connectivity index (χ3v) is 5.62. The Labute approximate surface area is 182 Å². The van der Waals surface area contributed by atoms with Crippen LogP contribution in [0.1, 0.15) is 34.8 Å². The Morgan fingerprint density at radius 1 is 1.06 bits per heavy atom. The molecule has 2 aromatic carbocycles. The minimum absolute atomic E-state index is 0.00749. The number of Topliss-reactive ketones (excluding diaryl/α,β-unsaturated/α-hetero) is 1. The Bertz CT molecular complexity index is 1290. The van der Waals surface area contributed by atoms with Crippen LogP contribution in [0.2, 0.25) is 0 Å². The number of carbonyl (C=O) groups excluding carboxylic acids is 1. The van der Waals surface area contributed by atoms with E-state index in [2.05, 4.69) is 24.3 Å². The standard InChI is InChI=1S/C24H20F2N4O2/c25-24(26)32-18-8-6-15(7-9-18)21(31)12-22-27-13-17-5-4-16(11-19(17)29-22)20-14-28-23-3-1-2-10-30(20)23/h4-9,11,13-14,24H,1-3,10,12H2. The fourth-order valence-electron chi connectivity index (χ4n) is 4.02. The molecule has 8 heteroatoms. The molecular formula is C24H20F2N4O2. The van der Waals surface area contributed by atoms with E-state index in [0.717, 1.165) is 47.4 Å². The topological polar surface area (TPSA) is 69.9 Å². The molecule has 0 radical (unpaired) electrons. The van der Waals surface area contributed by atoms with Crippen LogP contribution < -0.4 is 4.74 Å². The van der Waals surface area contributed by atoms with E-state index in [0.29, 0.717) is 11.4 Å². The maximum atomic E-state index is 12.6. The summed E-state index contributed by atoms with van der Waals surface area (Å²) in [6.07, 6.45) is 6.94. The predicted octanol–water partition coefficient (Wildman–Crippen LogP) is 4.86. The number of fused-ring (bicyclic) bond motifs is 2. The Hall–Kier alpha value is -3.68. The summed E-state index contributed by atoms with van der Waals surface area (Å²) in [5.41, 5.74) is 3.25. The van der Waals surface area contributed by atoms with Gasteiger partial charge < -0.3 is 9.30 Å². The Kier molecular flexibility index (Phi) is 5.34. The molecule has 4 aromatic rings. The van der Waals surface area contributed by atoms with Crippen molar-refractivity contribution >= 4 is 16.7 Å². The average molecular weight is 434 g/mol. The molecule has 162 valence electrons. The van der Waals surface area contributed by atoms with Crippen LogP contribution in [0.25, 0.3) is 22.2 Å². The highest BCUT2D eigenvalue weighted by molar-refractivity contribution is 5.97. The first kappa shape index (κ1) is 20.2. The van der Waals surface area contributed by atoms with Crippen LogP contribution in [0.4, 0.5) is 8.78 Å². The molecule has 0 amide bonds. The quantitative estimate of drug-likeness (QED) is 0.406. The second-order valence-corrected chi connectivity index (χ2v) is 7.73. The molecule has 2 aromatic heterocycles. The van der Waals surface area contributed by atoms with Crippen molar-refractivity contribution in [3.05, 3.63) is 72.1 Å². The normalized spacial score (nSPS) is 13.3. The van der Waals surface area contributed by atoms with E-state index >= 15 is 0 Å². The number of ketones is 1. The fourth-order valence-corrected chi connectivity index (χ4v) is 4.02. The summed E-state index contributed by atoms with van der Waals surface area (Å²) < 4.78 is 31.1. The zero-order chi connectivity index (χ0) is 22.1. The molecule has 0 N–H and O–H groups in total. The zero-order valence-electron chi connectivity index (χ0n) is 17.2. The van der Waals surface area contributed by atoms with Gasteiger partial charge in [0.2, 0.25) is 0 Å². The van der Waals surface area contributed by atoms with Gasteiger partial charge in [0.15, 0.2) is 5.78 Å². The number of rotatable bonds is 6. The number of alkyl halides is 2. The van der Waals surface area contributed by atoms with Crippen molar-refractivity contribution in [3.8, 4) is 17.0 Å². The van der Waals surface area contributed by atoms with Crippen molar-refractivity contribution < 1.29 is 18.3 Å². The van der Waals surface area contributed by atoms with Gasteiger partial charge >= 0.3 is 6.61 Å². The van der Waals surface area contributed by atoms with Crippen LogP contribution in [0.5, 0.6) is 5.75 Å². The van der Waals surface area contributed by atoms with Crippen LogP contribution in [-0.2, 0) is 19.4 Å². The monoisotopic (exact) mass is 434 g/mol. The molecule has 3 heterocycles. The average Bonchev–Trinajstić information content (AvgIpc) is 3.23. The Balaban J connectivity index is 1.38. The smallest absolute Gasteiger partial charge is 0.387 e. The van der Waals surface area contributed by atoms with Crippen LogP contribution in [-0.4, -0.2) is 31.9 Å². The van der Waals surface area contributed by atoms with Crippen molar-refractivity contribution in [1.82, 2.24) is 19.5 Å². The van der Waals surface area contributed by atoms with E-state index in [4.69, 9.17) is 0 Å². The van der Waals surface area contributed by atoms with Gasteiger partial charge in [-0.2, -0.15) is 8.78 Å². The van der Waals surface area contributed by atoms with Gasteiger partial charge in [0.25, 0.3) is 0 Å². The largest absolute Gasteiger partial charge is 0.435 e. The van der Waals surface area contributed by atoms with E-state index in [-0.39, 0.29) is 18.0 Å². The lowest BCUT2D eigenvalue weighted by Crippen LogP contribution is -2.11. The predicted molar refractivity (Wildman–Crippen MR) is 115 cm³/mol. The molecule has 0 fully saturated rings. The summed E-state index contributed by atoms with van der Waals surface area (Å²) >= 11 is 0. The van der Waals surface area contributed by atoms with Gasteiger partial charge in [0.05, 0.1) is 23.8 Å². The van der Waals surface area contributed by atoms with E-state index in [9.17, 15) is 13.6 Å². The van der Waals surface area contributed by atoms with Gasteiger partial charge in [-0.1, -0.05) is 12.1 Å². The van der Waals surface area contributed by atoms with Crippen molar-refractivity contribution in [2.75, 3.05) is 0 Å². The number of ether oxygens (including phenoxy) is 1. The second-order valence-electron chi connectivity index (χ2n) is 7.73. The third-order valence-electron chi connectivity index (χ3n) is 5.62. The first-order valence-electron chi connectivity index (χ1n) is 10.5.